The molecule has 0 radical (unpaired) electrons. The summed E-state index contributed by atoms with van der Waals surface area (Å²) >= 11 is 0. The van der Waals surface area contributed by atoms with Crippen molar-refractivity contribution in [1.82, 2.24) is 4.90 Å². The van der Waals surface area contributed by atoms with E-state index in [1.54, 1.807) is 24.3 Å². The Morgan fingerprint density at radius 1 is 1.05 bits per heavy atom. The average Bonchev–Trinajstić information content (AvgIpc) is 3.07. The predicted molar refractivity (Wildman–Crippen MR) is 139 cm³/mol. The number of benzene rings is 3. The Morgan fingerprint density at radius 3 is 2.53 bits per heavy atom. The van der Waals surface area contributed by atoms with Crippen LogP contribution < -0.4 is 19.5 Å². The Bertz CT molecular complexity index is 1360. The van der Waals surface area contributed by atoms with Gasteiger partial charge < -0.3 is 19.5 Å². The first kappa shape index (κ1) is 25.5. The van der Waals surface area contributed by atoms with E-state index in [1.165, 1.54) is 43.9 Å². The number of carbonyl (C=O) groups is 1. The van der Waals surface area contributed by atoms with Gasteiger partial charge >= 0.3 is 0 Å². The lowest BCUT2D eigenvalue weighted by Crippen LogP contribution is -2.51. The quantitative estimate of drug-likeness (QED) is 0.280. The second kappa shape index (κ2) is 10.3. The zero-order chi connectivity index (χ0) is 26.9. The van der Waals surface area contributed by atoms with Gasteiger partial charge in [-0.1, -0.05) is 0 Å². The van der Waals surface area contributed by atoms with E-state index < -0.39 is 16.6 Å². The number of nitro benzene ring substituents is 1. The summed E-state index contributed by atoms with van der Waals surface area (Å²) in [4.78, 5) is 25.5. The molecule has 0 aliphatic carbocycles. The van der Waals surface area contributed by atoms with Gasteiger partial charge in [0.05, 0.1) is 23.8 Å². The lowest BCUT2D eigenvalue weighted by atomic mass is 10.0. The van der Waals surface area contributed by atoms with E-state index >= 15 is 0 Å². The summed E-state index contributed by atoms with van der Waals surface area (Å²) in [5, 5.41) is 13.5. The molecule has 2 aliphatic heterocycles. The van der Waals surface area contributed by atoms with Crippen LogP contribution in [0.15, 0.2) is 60.7 Å². The van der Waals surface area contributed by atoms with Crippen LogP contribution >= 0.6 is 0 Å². The highest BCUT2D eigenvalue weighted by Gasteiger charge is 2.48. The Kier molecular flexibility index (Phi) is 6.90. The number of hydrogen-bond donors (Lipinski definition) is 1. The molecule has 198 valence electrons. The SMILES string of the molecule is COc1cc([N+](=O)[O-])ccc1Oc1ccc(NC(=O)c2ccc(OC34CCCC(CC3)N4C)cc2)c(F)c1. The van der Waals surface area contributed by atoms with Crippen molar-refractivity contribution in [3.63, 3.8) is 0 Å². The first-order valence-electron chi connectivity index (χ1n) is 12.4. The standard InChI is InChI=1S/C28H28FN3O6/c1-31-19-4-3-14-28(31,15-13-19)38-21-8-5-18(6-9-21)27(33)30-24-11-10-22(17-23(24)29)37-25-12-7-20(32(34)35)16-26(25)36-2/h5-12,16-17,19H,3-4,13-15H2,1-2H3,(H,30,33). The van der Waals surface area contributed by atoms with Crippen molar-refractivity contribution in [3.8, 4) is 23.0 Å². The molecule has 2 heterocycles. The number of nitro groups is 1. The maximum atomic E-state index is 14.8. The molecular formula is C28H28FN3O6. The smallest absolute Gasteiger partial charge is 0.273 e. The normalized spacial score (nSPS) is 20.6. The van der Waals surface area contributed by atoms with Gasteiger partial charge in [0.25, 0.3) is 11.6 Å². The van der Waals surface area contributed by atoms with Crippen molar-refractivity contribution in [2.45, 2.75) is 43.9 Å². The van der Waals surface area contributed by atoms with Crippen molar-refractivity contribution in [2.75, 3.05) is 19.5 Å². The number of nitrogens with zero attached hydrogens (tertiary/aromatic N) is 2. The monoisotopic (exact) mass is 521 g/mol. The van der Waals surface area contributed by atoms with Gasteiger partial charge in [0.2, 0.25) is 0 Å². The number of halogens is 1. The van der Waals surface area contributed by atoms with E-state index in [0.717, 1.165) is 31.7 Å². The van der Waals surface area contributed by atoms with Gasteiger partial charge in [0, 0.05) is 36.6 Å². The zero-order valence-electron chi connectivity index (χ0n) is 21.1. The fraction of sp³-hybridized carbons (Fsp3) is 0.321. The van der Waals surface area contributed by atoms with Gasteiger partial charge in [0.15, 0.2) is 17.2 Å². The Labute approximate surface area is 219 Å². The van der Waals surface area contributed by atoms with Gasteiger partial charge in [-0.05, 0) is 68.8 Å². The van der Waals surface area contributed by atoms with Crippen LogP contribution in [-0.2, 0) is 0 Å². The van der Waals surface area contributed by atoms with Crippen LogP contribution in [0.5, 0.6) is 23.0 Å². The van der Waals surface area contributed by atoms with Crippen LogP contribution in [-0.4, -0.2) is 41.7 Å². The zero-order valence-corrected chi connectivity index (χ0v) is 21.1. The Hall–Kier alpha value is -4.18. The molecule has 38 heavy (non-hydrogen) atoms. The lowest BCUT2D eigenvalue weighted by Gasteiger charge is -2.42. The Morgan fingerprint density at radius 2 is 1.82 bits per heavy atom. The predicted octanol–water partition coefficient (Wildman–Crippen LogP) is 6.14. The number of methoxy groups -OCH3 is 1. The second-order valence-electron chi connectivity index (χ2n) is 9.56. The first-order valence-corrected chi connectivity index (χ1v) is 12.4. The van der Waals surface area contributed by atoms with Gasteiger partial charge in [-0.15, -0.1) is 0 Å². The number of piperidine rings is 1. The molecule has 2 unspecified atom stereocenters. The van der Waals surface area contributed by atoms with Gasteiger partial charge in [-0.3, -0.25) is 19.8 Å². The molecule has 5 rings (SSSR count). The van der Waals surface area contributed by atoms with Crippen molar-refractivity contribution in [1.29, 1.82) is 0 Å². The summed E-state index contributed by atoms with van der Waals surface area (Å²) in [5.41, 5.74) is -0.0891. The molecule has 3 aromatic rings. The number of carbonyl (C=O) groups excluding carboxylic acids is 1. The van der Waals surface area contributed by atoms with E-state index in [9.17, 15) is 19.3 Å². The largest absolute Gasteiger partial charge is 0.493 e. The van der Waals surface area contributed by atoms with Crippen LogP contribution in [0.2, 0.25) is 0 Å². The summed E-state index contributed by atoms with van der Waals surface area (Å²) in [6.07, 6.45) is 5.46. The lowest BCUT2D eigenvalue weighted by molar-refractivity contribution is -0.384. The van der Waals surface area contributed by atoms with E-state index in [1.807, 2.05) is 0 Å². The number of fused-ring (bicyclic) bond motifs is 2. The van der Waals surface area contributed by atoms with Crippen LogP contribution in [0.4, 0.5) is 15.8 Å². The van der Waals surface area contributed by atoms with Gasteiger partial charge in [-0.25, -0.2) is 4.39 Å². The summed E-state index contributed by atoms with van der Waals surface area (Å²) in [7, 11) is 3.47. The molecular weight excluding hydrogens is 493 g/mol. The minimum atomic E-state index is -0.702. The number of non-ortho nitro benzene ring substituents is 1. The highest BCUT2D eigenvalue weighted by atomic mass is 19.1. The molecule has 2 saturated heterocycles. The van der Waals surface area contributed by atoms with Crippen molar-refractivity contribution in [3.05, 3.63) is 82.2 Å². The van der Waals surface area contributed by atoms with E-state index in [0.29, 0.717) is 17.4 Å². The van der Waals surface area contributed by atoms with Crippen molar-refractivity contribution >= 4 is 17.3 Å². The van der Waals surface area contributed by atoms with E-state index in [2.05, 4.69) is 17.3 Å². The van der Waals surface area contributed by atoms with Crippen LogP contribution in [0.1, 0.15) is 42.5 Å². The number of nitrogens with one attached hydrogen (secondary N) is 1. The Balaban J connectivity index is 1.23. The van der Waals surface area contributed by atoms with Crippen LogP contribution in [0.25, 0.3) is 0 Å². The van der Waals surface area contributed by atoms with E-state index in [-0.39, 0.29) is 34.3 Å². The summed E-state index contributed by atoms with van der Waals surface area (Å²) in [6, 6.07) is 15.2. The number of anilines is 1. The van der Waals surface area contributed by atoms with Crippen LogP contribution in [0.3, 0.4) is 0 Å². The highest BCUT2D eigenvalue weighted by Crippen LogP contribution is 2.44. The topological polar surface area (TPSA) is 103 Å². The van der Waals surface area contributed by atoms with Gasteiger partial charge in [0.1, 0.15) is 17.3 Å². The summed E-state index contributed by atoms with van der Waals surface area (Å²) in [5.74, 6) is -0.0156. The molecule has 0 aromatic heterocycles. The minimum absolute atomic E-state index is 0.0157. The van der Waals surface area contributed by atoms with Crippen molar-refractivity contribution < 1.29 is 28.3 Å². The molecule has 0 spiro atoms. The minimum Gasteiger partial charge on any atom is -0.493 e. The number of amides is 1. The average molecular weight is 522 g/mol. The molecule has 2 bridgehead atoms. The third kappa shape index (κ3) is 4.99. The summed E-state index contributed by atoms with van der Waals surface area (Å²) < 4.78 is 32.0. The molecule has 2 aliphatic rings. The van der Waals surface area contributed by atoms with E-state index in [4.69, 9.17) is 14.2 Å². The molecule has 2 atom stereocenters. The first-order chi connectivity index (χ1) is 18.3. The van der Waals surface area contributed by atoms with Crippen molar-refractivity contribution in [2.24, 2.45) is 0 Å². The maximum absolute atomic E-state index is 14.8. The molecule has 1 amide bonds. The molecule has 1 N–H and O–H groups in total. The molecule has 10 heteroatoms. The highest BCUT2D eigenvalue weighted by molar-refractivity contribution is 6.04. The summed E-state index contributed by atoms with van der Waals surface area (Å²) in [6.45, 7) is 0. The molecule has 2 fully saturated rings. The molecule has 3 aromatic carbocycles. The molecule has 0 saturated carbocycles. The molecule has 9 nitrogen and oxygen atoms in total. The number of rotatable bonds is 8. The third-order valence-corrected chi connectivity index (χ3v) is 7.36. The third-order valence-electron chi connectivity index (χ3n) is 7.36. The number of ether oxygens (including phenoxy) is 3. The fourth-order valence-corrected chi connectivity index (χ4v) is 5.25. The maximum Gasteiger partial charge on any atom is 0.273 e. The second-order valence-corrected chi connectivity index (χ2v) is 9.56. The van der Waals surface area contributed by atoms with Crippen LogP contribution in [0, 0.1) is 15.9 Å². The van der Waals surface area contributed by atoms with Gasteiger partial charge in [-0.2, -0.15) is 0 Å². The fourth-order valence-electron chi connectivity index (χ4n) is 5.25. The number of hydrogen-bond acceptors (Lipinski definition) is 7.